The van der Waals surface area contributed by atoms with Crippen LogP contribution in [0.2, 0.25) is 0 Å². The Morgan fingerprint density at radius 3 is 2.29 bits per heavy atom. The highest BCUT2D eigenvalue weighted by atomic mass is 19.1. The van der Waals surface area contributed by atoms with Crippen LogP contribution in [0.25, 0.3) is 11.1 Å². The van der Waals surface area contributed by atoms with Gasteiger partial charge in [-0.1, -0.05) is 23.8 Å². The van der Waals surface area contributed by atoms with Gasteiger partial charge in [-0.05, 0) is 55.2 Å². The Kier molecular flexibility index (Phi) is 2.88. The van der Waals surface area contributed by atoms with Crippen LogP contribution in [0.5, 0.6) is 5.75 Å². The van der Waals surface area contributed by atoms with Crippen molar-refractivity contribution in [3.05, 3.63) is 52.8 Å². The van der Waals surface area contributed by atoms with Crippen molar-refractivity contribution in [2.45, 2.75) is 20.8 Å². The first-order valence-corrected chi connectivity index (χ1v) is 5.56. The number of benzene rings is 2. The molecule has 2 aromatic rings. The summed E-state index contributed by atoms with van der Waals surface area (Å²) in [6, 6.07) is 9.26. The van der Waals surface area contributed by atoms with Crippen LogP contribution in [-0.2, 0) is 0 Å². The summed E-state index contributed by atoms with van der Waals surface area (Å²) in [5.41, 5.74) is 4.60. The molecule has 2 heteroatoms. The summed E-state index contributed by atoms with van der Waals surface area (Å²) in [4.78, 5) is 0. The summed E-state index contributed by atoms with van der Waals surface area (Å²) in [7, 11) is 0. The third kappa shape index (κ3) is 2.16. The number of phenolic OH excluding ortho intramolecular Hbond substituents is 1. The average Bonchev–Trinajstić information content (AvgIpc) is 2.28. The van der Waals surface area contributed by atoms with Gasteiger partial charge in [0.05, 0.1) is 0 Å². The number of aromatic hydroxyl groups is 1. The molecule has 2 rings (SSSR count). The van der Waals surface area contributed by atoms with E-state index in [1.807, 2.05) is 32.0 Å². The molecule has 0 amide bonds. The van der Waals surface area contributed by atoms with E-state index in [0.29, 0.717) is 5.56 Å². The topological polar surface area (TPSA) is 20.2 Å². The van der Waals surface area contributed by atoms with Gasteiger partial charge in [0.15, 0.2) is 11.6 Å². The third-order valence-electron chi connectivity index (χ3n) is 2.96. The molecular weight excluding hydrogens is 215 g/mol. The maximum Gasteiger partial charge on any atom is 0.165 e. The Bertz CT molecular complexity index is 550. The fourth-order valence-electron chi connectivity index (χ4n) is 1.94. The van der Waals surface area contributed by atoms with E-state index >= 15 is 0 Å². The van der Waals surface area contributed by atoms with E-state index in [9.17, 15) is 9.50 Å². The molecule has 1 nitrogen and oxygen atoms in total. The molecule has 0 bridgehead atoms. The quantitative estimate of drug-likeness (QED) is 0.781. The van der Waals surface area contributed by atoms with Gasteiger partial charge < -0.3 is 5.11 Å². The van der Waals surface area contributed by atoms with E-state index < -0.39 is 5.82 Å². The van der Waals surface area contributed by atoms with Crippen LogP contribution in [0.3, 0.4) is 0 Å². The molecule has 0 aliphatic heterocycles. The molecule has 17 heavy (non-hydrogen) atoms. The predicted octanol–water partition coefficient (Wildman–Crippen LogP) is 4.12. The minimum Gasteiger partial charge on any atom is -0.505 e. The normalized spacial score (nSPS) is 10.6. The molecule has 0 fully saturated rings. The Balaban J connectivity index is 2.64. The first-order chi connectivity index (χ1) is 7.99. The molecular formula is C15H15FO. The number of phenols is 1. The Morgan fingerprint density at radius 2 is 1.65 bits per heavy atom. The Hall–Kier alpha value is -1.83. The standard InChI is InChI=1S/C15H15FO/c1-9-4-5-10(2)13(6-9)12-7-11(3)15(17)14(16)8-12/h4-8,17H,1-3H3. The van der Waals surface area contributed by atoms with Gasteiger partial charge in [0.25, 0.3) is 0 Å². The maximum atomic E-state index is 13.5. The molecule has 0 saturated carbocycles. The minimum atomic E-state index is -0.569. The average molecular weight is 230 g/mol. The van der Waals surface area contributed by atoms with E-state index in [1.165, 1.54) is 6.07 Å². The van der Waals surface area contributed by atoms with E-state index in [0.717, 1.165) is 22.3 Å². The van der Waals surface area contributed by atoms with Crippen LogP contribution in [0.1, 0.15) is 16.7 Å². The molecule has 88 valence electrons. The molecule has 0 aliphatic carbocycles. The van der Waals surface area contributed by atoms with Gasteiger partial charge in [-0.2, -0.15) is 0 Å². The van der Waals surface area contributed by atoms with Crippen molar-refractivity contribution < 1.29 is 9.50 Å². The first kappa shape index (κ1) is 11.6. The van der Waals surface area contributed by atoms with Gasteiger partial charge >= 0.3 is 0 Å². The second-order valence-electron chi connectivity index (χ2n) is 4.44. The van der Waals surface area contributed by atoms with Crippen LogP contribution in [0.4, 0.5) is 4.39 Å². The van der Waals surface area contributed by atoms with Gasteiger partial charge in [-0.25, -0.2) is 4.39 Å². The molecule has 0 spiro atoms. The summed E-state index contributed by atoms with van der Waals surface area (Å²) in [5, 5.41) is 9.43. The second kappa shape index (κ2) is 4.21. The molecule has 0 aliphatic rings. The van der Waals surface area contributed by atoms with Crippen molar-refractivity contribution in [1.29, 1.82) is 0 Å². The van der Waals surface area contributed by atoms with Crippen molar-refractivity contribution >= 4 is 0 Å². The van der Waals surface area contributed by atoms with Crippen molar-refractivity contribution in [3.63, 3.8) is 0 Å². The smallest absolute Gasteiger partial charge is 0.165 e. The highest BCUT2D eigenvalue weighted by Crippen LogP contribution is 2.30. The second-order valence-corrected chi connectivity index (χ2v) is 4.44. The van der Waals surface area contributed by atoms with Crippen molar-refractivity contribution in [3.8, 4) is 16.9 Å². The minimum absolute atomic E-state index is 0.265. The maximum absolute atomic E-state index is 13.5. The zero-order chi connectivity index (χ0) is 12.6. The van der Waals surface area contributed by atoms with Crippen molar-refractivity contribution in [2.75, 3.05) is 0 Å². The number of hydrogen-bond acceptors (Lipinski definition) is 1. The monoisotopic (exact) mass is 230 g/mol. The predicted molar refractivity (Wildman–Crippen MR) is 67.7 cm³/mol. The fraction of sp³-hybridized carbons (Fsp3) is 0.200. The lowest BCUT2D eigenvalue weighted by Gasteiger charge is -2.10. The number of rotatable bonds is 1. The summed E-state index contributed by atoms with van der Waals surface area (Å²) >= 11 is 0. The SMILES string of the molecule is Cc1ccc(C)c(-c2cc(C)c(O)c(F)c2)c1. The fourth-order valence-corrected chi connectivity index (χ4v) is 1.94. The summed E-state index contributed by atoms with van der Waals surface area (Å²) in [6.45, 7) is 5.70. The Morgan fingerprint density at radius 1 is 0.941 bits per heavy atom. The van der Waals surface area contributed by atoms with E-state index in [1.54, 1.807) is 13.0 Å². The highest BCUT2D eigenvalue weighted by molar-refractivity contribution is 5.69. The van der Waals surface area contributed by atoms with Crippen molar-refractivity contribution in [2.24, 2.45) is 0 Å². The van der Waals surface area contributed by atoms with Crippen molar-refractivity contribution in [1.82, 2.24) is 0 Å². The van der Waals surface area contributed by atoms with Crippen LogP contribution in [0.15, 0.2) is 30.3 Å². The summed E-state index contributed by atoms with van der Waals surface area (Å²) in [5.74, 6) is -0.833. The first-order valence-electron chi connectivity index (χ1n) is 5.56. The number of halogens is 1. The number of hydrogen-bond donors (Lipinski definition) is 1. The zero-order valence-corrected chi connectivity index (χ0v) is 10.2. The molecule has 1 N–H and O–H groups in total. The summed E-state index contributed by atoms with van der Waals surface area (Å²) < 4.78 is 13.5. The van der Waals surface area contributed by atoms with E-state index in [4.69, 9.17) is 0 Å². The lowest BCUT2D eigenvalue weighted by molar-refractivity contribution is 0.429. The largest absolute Gasteiger partial charge is 0.505 e. The lowest BCUT2D eigenvalue weighted by atomic mass is 9.97. The van der Waals surface area contributed by atoms with Gasteiger partial charge in [0.2, 0.25) is 0 Å². The Labute approximate surface area is 101 Å². The molecule has 2 aromatic carbocycles. The van der Waals surface area contributed by atoms with Crippen LogP contribution < -0.4 is 0 Å². The van der Waals surface area contributed by atoms with E-state index in [2.05, 4.69) is 0 Å². The highest BCUT2D eigenvalue weighted by Gasteiger charge is 2.09. The summed E-state index contributed by atoms with van der Waals surface area (Å²) in [6.07, 6.45) is 0. The third-order valence-corrected chi connectivity index (χ3v) is 2.96. The van der Waals surface area contributed by atoms with E-state index in [-0.39, 0.29) is 5.75 Å². The van der Waals surface area contributed by atoms with Gasteiger partial charge in [0.1, 0.15) is 0 Å². The van der Waals surface area contributed by atoms with Crippen LogP contribution in [0, 0.1) is 26.6 Å². The molecule has 0 saturated heterocycles. The molecule has 0 aromatic heterocycles. The van der Waals surface area contributed by atoms with Gasteiger partial charge in [0, 0.05) is 0 Å². The van der Waals surface area contributed by atoms with Crippen LogP contribution in [-0.4, -0.2) is 5.11 Å². The lowest BCUT2D eigenvalue weighted by Crippen LogP contribution is -1.89. The van der Waals surface area contributed by atoms with Gasteiger partial charge in [-0.15, -0.1) is 0 Å². The van der Waals surface area contributed by atoms with Gasteiger partial charge in [-0.3, -0.25) is 0 Å². The zero-order valence-electron chi connectivity index (χ0n) is 10.2. The molecule has 0 heterocycles. The molecule has 0 atom stereocenters. The molecule has 0 unspecified atom stereocenters. The van der Waals surface area contributed by atoms with Crippen LogP contribution >= 0.6 is 0 Å². The molecule has 0 radical (unpaired) electrons. The number of aryl methyl sites for hydroxylation is 3.